The SMILES string of the molecule is Cc1ccc2c(c1)OCCOc1cc(C3=C4C=CC(N(C)C)C=C4Oc4cc(N(C)C)ccc43)ccc1N(CC(=O)O)CCOCCN2CC(=O)O. The fourth-order valence-electron chi connectivity index (χ4n) is 6.54. The number of hydrogen-bond acceptors (Lipinski definition) is 10. The molecule has 0 fully saturated rings. The summed E-state index contributed by atoms with van der Waals surface area (Å²) >= 11 is 0. The molecule has 2 heterocycles. The molecule has 0 saturated heterocycles. The van der Waals surface area contributed by atoms with Gasteiger partial charge in [-0.15, -0.1) is 0 Å². The van der Waals surface area contributed by atoms with Gasteiger partial charge in [0.1, 0.15) is 49.3 Å². The largest absolute Gasteiger partial charge is 0.488 e. The zero-order chi connectivity index (χ0) is 36.9. The Morgan fingerprint density at radius 3 is 2.04 bits per heavy atom. The number of benzene rings is 3. The van der Waals surface area contributed by atoms with Crippen LogP contribution < -0.4 is 28.9 Å². The number of anilines is 3. The smallest absolute Gasteiger partial charge is 0.323 e. The van der Waals surface area contributed by atoms with Crippen molar-refractivity contribution >= 4 is 34.6 Å². The lowest BCUT2D eigenvalue weighted by Gasteiger charge is -2.31. The highest BCUT2D eigenvalue weighted by atomic mass is 16.5. The number of nitrogens with zero attached hydrogens (tertiary/aromatic N) is 4. The molecule has 0 spiro atoms. The molecular weight excluding hydrogens is 664 g/mol. The van der Waals surface area contributed by atoms with Crippen molar-refractivity contribution in [1.82, 2.24) is 4.90 Å². The average molecular weight is 711 g/mol. The predicted octanol–water partition coefficient (Wildman–Crippen LogP) is 4.91. The molecule has 274 valence electrons. The van der Waals surface area contributed by atoms with Gasteiger partial charge in [0, 0.05) is 61.7 Å². The van der Waals surface area contributed by atoms with E-state index in [0.29, 0.717) is 29.4 Å². The van der Waals surface area contributed by atoms with Crippen LogP contribution in [0, 0.1) is 6.92 Å². The first-order valence-electron chi connectivity index (χ1n) is 17.3. The van der Waals surface area contributed by atoms with Gasteiger partial charge >= 0.3 is 11.9 Å². The minimum atomic E-state index is -0.993. The number of hydrogen-bond donors (Lipinski definition) is 2. The van der Waals surface area contributed by atoms with Crippen molar-refractivity contribution in [1.29, 1.82) is 0 Å². The van der Waals surface area contributed by atoms with Crippen LogP contribution in [0.4, 0.5) is 17.1 Å². The third kappa shape index (κ3) is 8.19. The maximum absolute atomic E-state index is 12.1. The minimum absolute atomic E-state index is 0.0628. The first-order chi connectivity index (χ1) is 25.0. The topological polar surface area (TPSA) is 124 Å². The molecule has 1 atom stereocenters. The summed E-state index contributed by atoms with van der Waals surface area (Å²) in [5, 5.41) is 19.6. The Kier molecular flexibility index (Phi) is 11.1. The number of allylic oxidation sites excluding steroid dienone is 1. The maximum atomic E-state index is 12.1. The highest BCUT2D eigenvalue weighted by Gasteiger charge is 2.29. The van der Waals surface area contributed by atoms with Gasteiger partial charge in [0.2, 0.25) is 0 Å². The quantitative estimate of drug-likeness (QED) is 0.346. The molecule has 3 aromatic rings. The van der Waals surface area contributed by atoms with Gasteiger partial charge in [-0.3, -0.25) is 14.5 Å². The summed E-state index contributed by atoms with van der Waals surface area (Å²) < 4.78 is 25.2. The van der Waals surface area contributed by atoms with Gasteiger partial charge in [-0.25, -0.2) is 0 Å². The molecule has 12 nitrogen and oxygen atoms in total. The van der Waals surface area contributed by atoms with Crippen molar-refractivity contribution in [3.63, 3.8) is 0 Å². The maximum Gasteiger partial charge on any atom is 0.323 e. The number of aliphatic carboxylic acids is 2. The molecule has 3 aliphatic rings. The third-order valence-electron chi connectivity index (χ3n) is 9.19. The van der Waals surface area contributed by atoms with Gasteiger partial charge in [-0.2, -0.15) is 0 Å². The van der Waals surface area contributed by atoms with Gasteiger partial charge in [0.05, 0.1) is 24.6 Å². The molecule has 0 saturated carbocycles. The van der Waals surface area contributed by atoms with Crippen LogP contribution in [-0.2, 0) is 14.3 Å². The number of carboxylic acid groups (broad SMARTS) is 2. The Bertz CT molecular complexity index is 1920. The fourth-order valence-corrected chi connectivity index (χ4v) is 6.54. The van der Waals surface area contributed by atoms with Crippen LogP contribution in [0.25, 0.3) is 5.57 Å². The van der Waals surface area contributed by atoms with E-state index in [1.807, 2.05) is 82.5 Å². The van der Waals surface area contributed by atoms with E-state index in [0.717, 1.165) is 45.0 Å². The van der Waals surface area contributed by atoms with Gasteiger partial charge in [-0.1, -0.05) is 24.3 Å². The Morgan fingerprint density at radius 2 is 1.42 bits per heavy atom. The van der Waals surface area contributed by atoms with E-state index >= 15 is 0 Å². The molecule has 6 rings (SSSR count). The molecule has 2 N–H and O–H groups in total. The Hall–Kier alpha value is -5.46. The van der Waals surface area contributed by atoms with E-state index in [9.17, 15) is 19.8 Å². The predicted molar refractivity (Wildman–Crippen MR) is 201 cm³/mol. The highest BCUT2D eigenvalue weighted by Crippen LogP contribution is 2.46. The lowest BCUT2D eigenvalue weighted by atomic mass is 9.86. The molecule has 0 bridgehead atoms. The van der Waals surface area contributed by atoms with Crippen LogP contribution in [0.15, 0.2) is 84.2 Å². The van der Waals surface area contributed by atoms with Crippen LogP contribution in [0.2, 0.25) is 0 Å². The summed E-state index contributed by atoms with van der Waals surface area (Å²) in [5.41, 5.74) is 6.96. The van der Waals surface area contributed by atoms with E-state index in [-0.39, 0.29) is 52.1 Å². The van der Waals surface area contributed by atoms with E-state index in [1.54, 1.807) is 9.80 Å². The van der Waals surface area contributed by atoms with Crippen molar-refractivity contribution in [3.8, 4) is 17.2 Å². The average Bonchev–Trinajstić information content (AvgIpc) is 3.10. The first kappa shape index (κ1) is 36.3. The first-order valence-corrected chi connectivity index (χ1v) is 17.3. The summed E-state index contributed by atoms with van der Waals surface area (Å²) in [6, 6.07) is 17.7. The molecule has 0 radical (unpaired) electrons. The fraction of sp³-hybridized carbons (Fsp3) is 0.350. The lowest BCUT2D eigenvalue weighted by Crippen LogP contribution is -2.35. The molecule has 2 aliphatic heterocycles. The molecule has 1 aliphatic carbocycles. The summed E-state index contributed by atoms with van der Waals surface area (Å²) in [7, 11) is 8.04. The van der Waals surface area contributed by atoms with E-state index in [1.165, 1.54) is 0 Å². The van der Waals surface area contributed by atoms with Crippen LogP contribution in [0.5, 0.6) is 17.2 Å². The van der Waals surface area contributed by atoms with Crippen molar-refractivity contribution < 1.29 is 38.7 Å². The minimum Gasteiger partial charge on any atom is -0.488 e. The second-order valence-corrected chi connectivity index (χ2v) is 13.4. The third-order valence-corrected chi connectivity index (χ3v) is 9.19. The number of rotatable bonds is 7. The molecule has 3 aromatic carbocycles. The zero-order valence-corrected chi connectivity index (χ0v) is 30.3. The molecule has 52 heavy (non-hydrogen) atoms. The molecule has 12 heteroatoms. The van der Waals surface area contributed by atoms with E-state index in [2.05, 4.69) is 35.3 Å². The van der Waals surface area contributed by atoms with Crippen molar-refractivity contribution in [3.05, 3.63) is 101 Å². The second kappa shape index (κ2) is 15.8. The number of fused-ring (bicyclic) bond motifs is 4. The number of aryl methyl sites for hydroxylation is 1. The summed E-state index contributed by atoms with van der Waals surface area (Å²) in [4.78, 5) is 31.5. The molecule has 1 unspecified atom stereocenters. The second-order valence-electron chi connectivity index (χ2n) is 13.4. The number of likely N-dealkylation sites (N-methyl/N-ethyl adjacent to an activating group) is 1. The van der Waals surface area contributed by atoms with Crippen LogP contribution >= 0.6 is 0 Å². The summed E-state index contributed by atoms with van der Waals surface area (Å²) in [6.07, 6.45) is 6.36. The monoisotopic (exact) mass is 710 g/mol. The molecular formula is C40H46N4O8. The van der Waals surface area contributed by atoms with Crippen LogP contribution in [0.1, 0.15) is 16.7 Å². The summed E-state index contributed by atoms with van der Waals surface area (Å²) in [5.74, 6) is 0.579. The lowest BCUT2D eigenvalue weighted by molar-refractivity contribution is -0.136. The van der Waals surface area contributed by atoms with Crippen LogP contribution in [0.3, 0.4) is 0 Å². The van der Waals surface area contributed by atoms with Gasteiger partial charge < -0.3 is 43.9 Å². The normalized spacial score (nSPS) is 17.6. The Balaban J connectivity index is 1.41. The van der Waals surface area contributed by atoms with Gasteiger partial charge in [0.15, 0.2) is 0 Å². The number of carbonyl (C=O) groups is 2. The standard InChI is InChI=1S/C40H46N4O8/c1-26-6-12-32-36(20-26)50-18-19-51-37-21-27(7-13-33(37)44(25-39(47)48)15-17-49-16-14-43(32)24-38(45)46)40-30-10-8-28(41(2)3)22-34(30)52-35-23-29(42(4)5)9-11-31(35)40/h6-13,20-23,28H,14-19,24-25H2,1-5H3,(H,45,46)(H,47,48). The number of ether oxygens (including phenoxy) is 4. The van der Waals surface area contributed by atoms with E-state index < -0.39 is 11.9 Å². The van der Waals surface area contributed by atoms with Crippen LogP contribution in [-0.4, -0.2) is 114 Å². The van der Waals surface area contributed by atoms with Crippen molar-refractivity contribution in [2.75, 3.05) is 95.5 Å². The van der Waals surface area contributed by atoms with Crippen molar-refractivity contribution in [2.45, 2.75) is 13.0 Å². The highest BCUT2D eigenvalue weighted by molar-refractivity contribution is 5.92. The zero-order valence-electron chi connectivity index (χ0n) is 30.3. The molecule has 0 aromatic heterocycles. The van der Waals surface area contributed by atoms with Gasteiger partial charge in [0.25, 0.3) is 0 Å². The molecule has 0 amide bonds. The summed E-state index contributed by atoms with van der Waals surface area (Å²) in [6.45, 7) is 2.77. The van der Waals surface area contributed by atoms with Crippen molar-refractivity contribution in [2.24, 2.45) is 0 Å². The Labute approximate surface area is 304 Å². The Morgan fingerprint density at radius 1 is 0.788 bits per heavy atom. The number of carboxylic acids is 2. The van der Waals surface area contributed by atoms with E-state index in [4.69, 9.17) is 18.9 Å². The van der Waals surface area contributed by atoms with Gasteiger partial charge in [-0.05, 0) is 74.6 Å².